The highest BCUT2D eigenvalue weighted by Crippen LogP contribution is 2.35. The summed E-state index contributed by atoms with van der Waals surface area (Å²) < 4.78 is 2.20. The second-order valence-corrected chi connectivity index (χ2v) is 8.26. The fourth-order valence-electron chi connectivity index (χ4n) is 4.60. The molecule has 0 fully saturated rings. The Kier molecular flexibility index (Phi) is 4.73. The Balaban J connectivity index is 1.67. The molecule has 0 radical (unpaired) electrons. The molecule has 3 heteroatoms. The molecule has 0 spiro atoms. The highest BCUT2D eigenvalue weighted by molar-refractivity contribution is 5.98. The maximum absolute atomic E-state index is 4.75. The first-order chi connectivity index (χ1) is 16.3. The third-order valence-corrected chi connectivity index (χ3v) is 6.33. The van der Waals surface area contributed by atoms with Gasteiger partial charge in [0, 0.05) is 16.8 Å². The second kappa shape index (κ2) is 8.03. The average Bonchev–Trinajstić information content (AvgIpc) is 3.32. The maximum Gasteiger partial charge on any atom is 0.169 e. The van der Waals surface area contributed by atoms with Crippen molar-refractivity contribution in [3.05, 3.63) is 115 Å². The maximum atomic E-state index is 4.75. The first-order valence-corrected chi connectivity index (χ1v) is 11.3. The number of hydrogen-bond donors (Lipinski definition) is 0. The van der Waals surface area contributed by atoms with E-state index in [9.17, 15) is 0 Å². The van der Waals surface area contributed by atoms with E-state index in [0.717, 1.165) is 34.9 Å². The normalized spacial score (nSPS) is 11.3. The summed E-state index contributed by atoms with van der Waals surface area (Å²) in [5.74, 6) is 1.69. The van der Waals surface area contributed by atoms with Crippen molar-refractivity contribution in [2.24, 2.45) is 0 Å². The van der Waals surface area contributed by atoms with Gasteiger partial charge in [0.15, 0.2) is 11.6 Å². The van der Waals surface area contributed by atoms with E-state index in [4.69, 9.17) is 10.2 Å². The van der Waals surface area contributed by atoms with Crippen LogP contribution in [-0.4, -0.2) is 14.8 Å². The van der Waals surface area contributed by atoms with Gasteiger partial charge in [0.25, 0.3) is 0 Å². The van der Waals surface area contributed by atoms with Gasteiger partial charge in [-0.05, 0) is 45.7 Å². The van der Waals surface area contributed by atoms with Crippen LogP contribution in [0, 0.1) is 0 Å². The molecule has 6 aromatic rings. The Morgan fingerprint density at radius 1 is 0.545 bits per heavy atom. The lowest BCUT2D eigenvalue weighted by atomic mass is 10.0. The molecule has 33 heavy (non-hydrogen) atoms. The van der Waals surface area contributed by atoms with Crippen LogP contribution in [0.25, 0.3) is 50.0 Å². The highest BCUT2D eigenvalue weighted by Gasteiger charge is 2.20. The summed E-state index contributed by atoms with van der Waals surface area (Å²) in [6.45, 7) is 2.18. The molecule has 158 valence electrons. The number of fused-ring (bicyclic) bond motifs is 2. The van der Waals surface area contributed by atoms with Crippen LogP contribution in [0.2, 0.25) is 0 Å². The molecule has 0 N–H and O–H groups in total. The van der Waals surface area contributed by atoms with E-state index < -0.39 is 0 Å². The largest absolute Gasteiger partial charge is 0.275 e. The molecular weight excluding hydrogens is 402 g/mol. The quantitative estimate of drug-likeness (QED) is 0.293. The van der Waals surface area contributed by atoms with Crippen molar-refractivity contribution in [3.8, 4) is 28.5 Å². The molecule has 0 saturated heterocycles. The van der Waals surface area contributed by atoms with Crippen molar-refractivity contribution in [2.45, 2.75) is 13.3 Å². The van der Waals surface area contributed by atoms with E-state index in [2.05, 4.69) is 121 Å². The van der Waals surface area contributed by atoms with Gasteiger partial charge in [0.2, 0.25) is 0 Å². The average molecular weight is 426 g/mol. The molecular formula is C30H23N3. The van der Waals surface area contributed by atoms with Crippen LogP contribution in [0.3, 0.4) is 0 Å². The van der Waals surface area contributed by atoms with Gasteiger partial charge in [-0.3, -0.25) is 4.57 Å². The van der Waals surface area contributed by atoms with Gasteiger partial charge in [-0.15, -0.1) is 10.2 Å². The molecule has 0 saturated carbocycles. The van der Waals surface area contributed by atoms with Crippen LogP contribution in [0.5, 0.6) is 0 Å². The Labute approximate surface area is 193 Å². The van der Waals surface area contributed by atoms with E-state index in [-0.39, 0.29) is 0 Å². The van der Waals surface area contributed by atoms with E-state index in [1.807, 2.05) is 0 Å². The predicted molar refractivity (Wildman–Crippen MR) is 137 cm³/mol. The zero-order valence-corrected chi connectivity index (χ0v) is 18.4. The standard InChI is InChI=1S/C30H23N3/c1-2-21-17-19-24(20-18-21)33-29(27-15-7-11-22-9-3-5-13-25(22)27)31-32-30(33)28-16-8-12-23-10-4-6-14-26(23)28/h3-20H,2H2,1H3. The Bertz CT molecular complexity index is 1490. The lowest BCUT2D eigenvalue weighted by molar-refractivity contribution is 1.06. The molecule has 0 bridgehead atoms. The molecule has 1 aromatic heterocycles. The molecule has 6 rings (SSSR count). The van der Waals surface area contributed by atoms with Crippen molar-refractivity contribution in [1.82, 2.24) is 14.8 Å². The topological polar surface area (TPSA) is 30.7 Å². The molecule has 1 heterocycles. The van der Waals surface area contributed by atoms with Crippen molar-refractivity contribution in [2.75, 3.05) is 0 Å². The van der Waals surface area contributed by atoms with Gasteiger partial charge >= 0.3 is 0 Å². The molecule has 0 aliphatic rings. The number of aromatic nitrogens is 3. The number of aryl methyl sites for hydroxylation is 1. The summed E-state index contributed by atoms with van der Waals surface area (Å²) in [5.41, 5.74) is 4.52. The summed E-state index contributed by atoms with van der Waals surface area (Å²) in [6.07, 6.45) is 1.01. The Morgan fingerprint density at radius 3 is 1.55 bits per heavy atom. The minimum absolute atomic E-state index is 0.846. The van der Waals surface area contributed by atoms with E-state index >= 15 is 0 Å². The number of rotatable bonds is 4. The highest BCUT2D eigenvalue weighted by atomic mass is 15.3. The van der Waals surface area contributed by atoms with Crippen LogP contribution >= 0.6 is 0 Å². The minimum atomic E-state index is 0.846. The molecule has 0 atom stereocenters. The van der Waals surface area contributed by atoms with Gasteiger partial charge in [0.05, 0.1) is 0 Å². The van der Waals surface area contributed by atoms with Crippen LogP contribution in [0.15, 0.2) is 109 Å². The van der Waals surface area contributed by atoms with Crippen LogP contribution < -0.4 is 0 Å². The van der Waals surface area contributed by atoms with Crippen LogP contribution in [0.4, 0.5) is 0 Å². The van der Waals surface area contributed by atoms with Gasteiger partial charge in [-0.1, -0.05) is 104 Å². The number of benzene rings is 5. The third kappa shape index (κ3) is 3.30. The molecule has 0 aliphatic heterocycles. The summed E-state index contributed by atoms with van der Waals surface area (Å²) in [5, 5.41) is 14.2. The van der Waals surface area contributed by atoms with Gasteiger partial charge in [0.1, 0.15) is 0 Å². The molecule has 5 aromatic carbocycles. The van der Waals surface area contributed by atoms with Crippen molar-refractivity contribution < 1.29 is 0 Å². The molecule has 0 aliphatic carbocycles. The lowest BCUT2D eigenvalue weighted by Crippen LogP contribution is -2.01. The summed E-state index contributed by atoms with van der Waals surface area (Å²) in [4.78, 5) is 0. The van der Waals surface area contributed by atoms with E-state index in [0.29, 0.717) is 0 Å². The van der Waals surface area contributed by atoms with E-state index in [1.165, 1.54) is 27.1 Å². The SMILES string of the molecule is CCc1ccc(-n2c(-c3cccc4ccccc34)nnc2-c2cccc3ccccc23)cc1. The monoisotopic (exact) mass is 425 g/mol. The van der Waals surface area contributed by atoms with Crippen LogP contribution in [-0.2, 0) is 6.42 Å². The fourth-order valence-corrected chi connectivity index (χ4v) is 4.60. The van der Waals surface area contributed by atoms with Crippen LogP contribution in [0.1, 0.15) is 12.5 Å². The second-order valence-electron chi connectivity index (χ2n) is 8.26. The predicted octanol–water partition coefficient (Wildman–Crippen LogP) is 7.47. The number of hydrogen-bond acceptors (Lipinski definition) is 2. The first kappa shape index (κ1) is 19.4. The summed E-state index contributed by atoms with van der Waals surface area (Å²) >= 11 is 0. The third-order valence-electron chi connectivity index (χ3n) is 6.33. The van der Waals surface area contributed by atoms with Crippen molar-refractivity contribution >= 4 is 21.5 Å². The zero-order valence-electron chi connectivity index (χ0n) is 18.4. The van der Waals surface area contributed by atoms with Crippen molar-refractivity contribution in [3.63, 3.8) is 0 Å². The van der Waals surface area contributed by atoms with Crippen molar-refractivity contribution in [1.29, 1.82) is 0 Å². The number of nitrogens with zero attached hydrogens (tertiary/aromatic N) is 3. The fraction of sp³-hybridized carbons (Fsp3) is 0.0667. The summed E-state index contributed by atoms with van der Waals surface area (Å²) in [7, 11) is 0. The Morgan fingerprint density at radius 2 is 1.03 bits per heavy atom. The van der Waals surface area contributed by atoms with Gasteiger partial charge in [-0.2, -0.15) is 0 Å². The Hall–Kier alpha value is -4.24. The lowest BCUT2D eigenvalue weighted by Gasteiger charge is -2.14. The first-order valence-electron chi connectivity index (χ1n) is 11.3. The molecule has 0 unspecified atom stereocenters. The van der Waals surface area contributed by atoms with Gasteiger partial charge in [-0.25, -0.2) is 0 Å². The zero-order chi connectivity index (χ0) is 22.2. The summed E-state index contributed by atoms with van der Waals surface area (Å²) in [6, 6.07) is 38.3. The van der Waals surface area contributed by atoms with E-state index in [1.54, 1.807) is 0 Å². The smallest absolute Gasteiger partial charge is 0.169 e. The van der Waals surface area contributed by atoms with Gasteiger partial charge < -0.3 is 0 Å². The molecule has 3 nitrogen and oxygen atoms in total. The molecule has 0 amide bonds. The minimum Gasteiger partial charge on any atom is -0.275 e.